The predicted molar refractivity (Wildman–Crippen MR) is 62.4 cm³/mol. The zero-order valence-corrected chi connectivity index (χ0v) is 9.55. The molecule has 2 N–H and O–H groups in total. The number of rotatable bonds is 0. The van der Waals surface area contributed by atoms with Gasteiger partial charge in [-0.15, -0.1) is 0 Å². The second-order valence-corrected chi connectivity index (χ2v) is 4.98. The Morgan fingerprint density at radius 3 is 1.25 bits per heavy atom. The summed E-state index contributed by atoms with van der Waals surface area (Å²) in [6, 6.07) is 0. The van der Waals surface area contributed by atoms with Crippen molar-refractivity contribution in [2.24, 2.45) is 0 Å². The van der Waals surface area contributed by atoms with Crippen molar-refractivity contribution in [2.75, 3.05) is 0 Å². The Labute approximate surface area is 97.1 Å². The van der Waals surface area contributed by atoms with Crippen molar-refractivity contribution in [1.82, 2.24) is 0 Å². The first-order chi connectivity index (χ1) is 7.62. The van der Waals surface area contributed by atoms with Crippen LogP contribution in [0.2, 0.25) is 0 Å². The molecule has 0 aromatic rings. The number of hydrogen-bond acceptors (Lipinski definition) is 2. The first-order valence-electron chi connectivity index (χ1n) is 6.11. The van der Waals surface area contributed by atoms with E-state index in [0.717, 1.165) is 51.4 Å². The molecule has 2 aliphatic carbocycles. The van der Waals surface area contributed by atoms with Gasteiger partial charge in [-0.2, -0.15) is 0 Å². The van der Waals surface area contributed by atoms with Gasteiger partial charge >= 0.3 is 0 Å². The smallest absolute Gasteiger partial charge is 0.126 e. The van der Waals surface area contributed by atoms with Gasteiger partial charge in [0, 0.05) is 0 Å². The van der Waals surface area contributed by atoms with Crippen LogP contribution in [0.5, 0.6) is 0 Å². The van der Waals surface area contributed by atoms with Gasteiger partial charge < -0.3 is 10.2 Å². The Morgan fingerprint density at radius 1 is 0.625 bits per heavy atom. The average molecular weight is 218 g/mol. The summed E-state index contributed by atoms with van der Waals surface area (Å²) in [5.74, 6) is 11.0. The molecule has 16 heavy (non-hydrogen) atoms. The maximum Gasteiger partial charge on any atom is 0.126 e. The van der Waals surface area contributed by atoms with E-state index in [0.29, 0.717) is 0 Å². The van der Waals surface area contributed by atoms with Crippen LogP contribution in [0.4, 0.5) is 0 Å². The summed E-state index contributed by atoms with van der Waals surface area (Å²) in [5, 5.41) is 19.9. The van der Waals surface area contributed by atoms with Gasteiger partial charge in [-0.05, 0) is 63.2 Å². The van der Waals surface area contributed by atoms with Gasteiger partial charge in [0.2, 0.25) is 0 Å². The molecular weight excluding hydrogens is 200 g/mol. The molecule has 0 bridgehead atoms. The van der Waals surface area contributed by atoms with E-state index >= 15 is 0 Å². The van der Waals surface area contributed by atoms with Gasteiger partial charge in [0.05, 0.1) is 0 Å². The molecule has 0 aliphatic heterocycles. The molecule has 2 fully saturated rings. The highest BCUT2D eigenvalue weighted by Crippen LogP contribution is 2.29. The molecule has 0 amide bonds. The molecular formula is C14H18O2. The summed E-state index contributed by atoms with van der Waals surface area (Å²) in [7, 11) is 0. The molecule has 0 aromatic heterocycles. The van der Waals surface area contributed by atoms with Crippen LogP contribution in [0, 0.1) is 23.7 Å². The van der Waals surface area contributed by atoms with Crippen LogP contribution in [0.1, 0.15) is 51.4 Å². The van der Waals surface area contributed by atoms with Gasteiger partial charge in [-0.25, -0.2) is 0 Å². The lowest BCUT2D eigenvalue weighted by atomic mass is 10.0. The van der Waals surface area contributed by atoms with E-state index < -0.39 is 11.2 Å². The number of aliphatic hydroxyl groups is 2. The summed E-state index contributed by atoms with van der Waals surface area (Å²) in [6.45, 7) is 0. The summed E-state index contributed by atoms with van der Waals surface area (Å²) < 4.78 is 0. The van der Waals surface area contributed by atoms with Gasteiger partial charge in [0.25, 0.3) is 0 Å². The second-order valence-electron chi connectivity index (χ2n) is 4.98. The molecule has 0 radical (unpaired) electrons. The lowest BCUT2D eigenvalue weighted by molar-refractivity contribution is 0.109. The van der Waals surface area contributed by atoms with E-state index in [4.69, 9.17) is 0 Å². The fourth-order valence-electron chi connectivity index (χ4n) is 2.46. The van der Waals surface area contributed by atoms with Crippen LogP contribution >= 0.6 is 0 Å². The van der Waals surface area contributed by atoms with E-state index in [1.165, 1.54) is 0 Å². The van der Waals surface area contributed by atoms with E-state index in [9.17, 15) is 10.2 Å². The van der Waals surface area contributed by atoms with Gasteiger partial charge in [-0.3, -0.25) is 0 Å². The Bertz CT molecular complexity index is 325. The van der Waals surface area contributed by atoms with Crippen LogP contribution < -0.4 is 0 Å². The van der Waals surface area contributed by atoms with E-state index in [2.05, 4.69) is 23.7 Å². The molecule has 2 aliphatic rings. The third kappa shape index (κ3) is 2.79. The molecule has 0 heterocycles. The molecule has 2 heteroatoms. The van der Waals surface area contributed by atoms with Crippen molar-refractivity contribution < 1.29 is 10.2 Å². The van der Waals surface area contributed by atoms with Crippen molar-refractivity contribution >= 4 is 0 Å². The second kappa shape index (κ2) is 4.50. The van der Waals surface area contributed by atoms with E-state index in [1.54, 1.807) is 0 Å². The molecule has 0 unspecified atom stereocenters. The maximum absolute atomic E-state index is 9.94. The highest BCUT2D eigenvalue weighted by molar-refractivity contribution is 5.33. The number of hydrogen-bond donors (Lipinski definition) is 2. The molecule has 0 spiro atoms. The van der Waals surface area contributed by atoms with E-state index in [1.807, 2.05) is 0 Å². The lowest BCUT2D eigenvalue weighted by Crippen LogP contribution is -2.21. The quantitative estimate of drug-likeness (QED) is 0.606. The minimum absolute atomic E-state index is 0.756. The zero-order chi connectivity index (χ0) is 11.5. The van der Waals surface area contributed by atoms with Crippen LogP contribution in [0.25, 0.3) is 0 Å². The minimum Gasteiger partial charge on any atom is -0.378 e. The molecule has 0 aromatic carbocycles. The Balaban J connectivity index is 1.96. The maximum atomic E-state index is 9.94. The summed E-state index contributed by atoms with van der Waals surface area (Å²) >= 11 is 0. The fraction of sp³-hybridized carbons (Fsp3) is 0.714. The first-order valence-corrected chi connectivity index (χ1v) is 6.11. The first kappa shape index (κ1) is 11.5. The zero-order valence-electron chi connectivity index (χ0n) is 9.55. The fourth-order valence-corrected chi connectivity index (χ4v) is 2.46. The van der Waals surface area contributed by atoms with Crippen molar-refractivity contribution in [3.63, 3.8) is 0 Å². The van der Waals surface area contributed by atoms with Crippen molar-refractivity contribution in [3.05, 3.63) is 0 Å². The molecule has 2 saturated carbocycles. The highest BCUT2D eigenvalue weighted by Gasteiger charge is 2.29. The molecule has 0 saturated heterocycles. The predicted octanol–water partition coefficient (Wildman–Crippen LogP) is 1.60. The van der Waals surface area contributed by atoms with Crippen molar-refractivity contribution in [3.8, 4) is 23.7 Å². The van der Waals surface area contributed by atoms with Crippen LogP contribution in [-0.2, 0) is 0 Å². The normalized spacial score (nSPS) is 25.4. The average Bonchev–Trinajstić information content (AvgIpc) is 2.84. The Hall–Kier alpha value is -0.960. The molecule has 2 nitrogen and oxygen atoms in total. The van der Waals surface area contributed by atoms with Gasteiger partial charge in [-0.1, -0.05) is 11.8 Å². The van der Waals surface area contributed by atoms with Gasteiger partial charge in [0.1, 0.15) is 11.2 Å². The highest BCUT2D eigenvalue weighted by atomic mass is 16.3. The monoisotopic (exact) mass is 218 g/mol. The summed E-state index contributed by atoms with van der Waals surface area (Å²) in [5.41, 5.74) is -1.63. The topological polar surface area (TPSA) is 40.5 Å². The van der Waals surface area contributed by atoms with Gasteiger partial charge in [0.15, 0.2) is 0 Å². The van der Waals surface area contributed by atoms with Crippen molar-refractivity contribution in [1.29, 1.82) is 0 Å². The van der Waals surface area contributed by atoms with E-state index in [-0.39, 0.29) is 0 Å². The molecule has 2 rings (SSSR count). The third-order valence-corrected chi connectivity index (χ3v) is 3.51. The van der Waals surface area contributed by atoms with Crippen LogP contribution in [-0.4, -0.2) is 21.4 Å². The summed E-state index contributed by atoms with van der Waals surface area (Å²) in [4.78, 5) is 0. The van der Waals surface area contributed by atoms with Crippen molar-refractivity contribution in [2.45, 2.75) is 62.6 Å². The molecule has 86 valence electrons. The molecule has 0 atom stereocenters. The van der Waals surface area contributed by atoms with Crippen LogP contribution in [0.3, 0.4) is 0 Å². The Kier molecular flexibility index (Phi) is 3.24. The SMILES string of the molecule is OC1(C#CC#CC2(O)CCCC2)CCCC1. The standard InChI is InChI=1S/C14H18O2/c15-13(7-1-2-8-13)11-5-6-12-14(16)9-3-4-10-14/h15-16H,1-4,7-10H2. The van der Waals surface area contributed by atoms with Crippen LogP contribution in [0.15, 0.2) is 0 Å². The minimum atomic E-state index is -0.813. The summed E-state index contributed by atoms with van der Waals surface area (Å²) in [6.07, 6.45) is 7.20. The lowest BCUT2D eigenvalue weighted by Gasteiger charge is -2.13. The third-order valence-electron chi connectivity index (χ3n) is 3.51. The Morgan fingerprint density at radius 2 is 0.938 bits per heavy atom. The largest absolute Gasteiger partial charge is 0.378 e.